The molecule has 0 radical (unpaired) electrons. The fourth-order valence-corrected chi connectivity index (χ4v) is 5.01. The molecule has 4 aromatic rings. The molecule has 11 heteroatoms. The summed E-state index contributed by atoms with van der Waals surface area (Å²) in [5.74, 6) is -0.221. The maximum atomic E-state index is 12.4. The van der Waals surface area contributed by atoms with E-state index in [0.717, 1.165) is 17.1 Å². The predicted octanol–water partition coefficient (Wildman–Crippen LogP) is 3.02. The van der Waals surface area contributed by atoms with Crippen molar-refractivity contribution in [2.24, 2.45) is 0 Å². The van der Waals surface area contributed by atoms with Crippen molar-refractivity contribution < 1.29 is 9.90 Å². The molecule has 0 unspecified atom stereocenters. The van der Waals surface area contributed by atoms with E-state index in [4.69, 9.17) is 11.6 Å². The van der Waals surface area contributed by atoms with Crippen LogP contribution in [0, 0.1) is 0 Å². The molecular formula is C24H23ClN6O3S. The van der Waals surface area contributed by atoms with Crippen molar-refractivity contribution in [1.82, 2.24) is 24.9 Å². The predicted molar refractivity (Wildman–Crippen MR) is 135 cm³/mol. The van der Waals surface area contributed by atoms with Crippen molar-refractivity contribution in [2.75, 3.05) is 18.0 Å². The molecule has 180 valence electrons. The molecule has 2 N–H and O–H groups in total. The van der Waals surface area contributed by atoms with Gasteiger partial charge in [0.1, 0.15) is 5.69 Å². The zero-order valence-electron chi connectivity index (χ0n) is 18.7. The van der Waals surface area contributed by atoms with Crippen LogP contribution in [0.2, 0.25) is 4.34 Å². The van der Waals surface area contributed by atoms with Crippen LogP contribution in [0.25, 0.3) is 11.4 Å². The Labute approximate surface area is 210 Å². The van der Waals surface area contributed by atoms with Crippen molar-refractivity contribution in [2.45, 2.75) is 25.5 Å². The summed E-state index contributed by atoms with van der Waals surface area (Å²) < 4.78 is 3.81. The van der Waals surface area contributed by atoms with Crippen LogP contribution in [-0.2, 0) is 6.54 Å². The van der Waals surface area contributed by atoms with Gasteiger partial charge in [-0.05, 0) is 49.2 Å². The molecule has 1 amide bonds. The molecule has 0 saturated carbocycles. The van der Waals surface area contributed by atoms with Crippen molar-refractivity contribution in [3.05, 3.63) is 86.2 Å². The number of nitrogens with one attached hydrogen (secondary N) is 1. The average molecular weight is 511 g/mol. The largest absolute Gasteiger partial charge is 0.393 e. The number of pyridine rings is 1. The number of piperidine rings is 1. The number of aliphatic hydroxyl groups is 1. The molecule has 5 rings (SSSR count). The number of anilines is 1. The number of carbonyl (C=O) groups excluding carboxylic acids is 1. The summed E-state index contributed by atoms with van der Waals surface area (Å²) >= 11 is 7.13. The Morgan fingerprint density at radius 3 is 2.71 bits per heavy atom. The first-order valence-electron chi connectivity index (χ1n) is 11.2. The maximum Gasteiger partial charge on any atom is 0.261 e. The average Bonchev–Trinajstić information content (AvgIpc) is 3.52. The van der Waals surface area contributed by atoms with Gasteiger partial charge in [-0.1, -0.05) is 22.9 Å². The number of halogens is 1. The normalized spacial score (nSPS) is 14.3. The van der Waals surface area contributed by atoms with Crippen LogP contribution in [0.3, 0.4) is 0 Å². The quantitative estimate of drug-likeness (QED) is 0.413. The first kappa shape index (κ1) is 23.3. The van der Waals surface area contributed by atoms with Gasteiger partial charge in [-0.2, -0.15) is 0 Å². The fraction of sp³-hybridized carbons (Fsp3) is 0.250. The molecule has 4 heterocycles. The van der Waals surface area contributed by atoms with E-state index in [9.17, 15) is 14.7 Å². The van der Waals surface area contributed by atoms with Crippen LogP contribution in [-0.4, -0.2) is 49.8 Å². The number of carbonyl (C=O) groups is 1. The molecule has 0 spiro atoms. The van der Waals surface area contributed by atoms with Crippen LogP contribution in [0.1, 0.15) is 28.2 Å². The maximum absolute atomic E-state index is 12.4. The molecule has 1 aromatic carbocycles. The molecule has 35 heavy (non-hydrogen) atoms. The summed E-state index contributed by atoms with van der Waals surface area (Å²) in [5.41, 5.74) is 2.90. The molecule has 1 aliphatic rings. The lowest BCUT2D eigenvalue weighted by molar-refractivity contribution is 0.0954. The third-order valence-corrected chi connectivity index (χ3v) is 7.11. The van der Waals surface area contributed by atoms with Crippen LogP contribution >= 0.6 is 22.9 Å². The minimum absolute atomic E-state index is 0.119. The highest BCUT2D eigenvalue weighted by atomic mass is 35.5. The van der Waals surface area contributed by atoms with Crippen LogP contribution in [0.5, 0.6) is 0 Å². The monoisotopic (exact) mass is 510 g/mol. The second-order valence-electron chi connectivity index (χ2n) is 8.24. The zero-order valence-corrected chi connectivity index (χ0v) is 20.2. The Morgan fingerprint density at radius 1 is 1.14 bits per heavy atom. The van der Waals surface area contributed by atoms with Crippen molar-refractivity contribution in [3.8, 4) is 11.4 Å². The van der Waals surface area contributed by atoms with Crippen molar-refractivity contribution in [1.29, 1.82) is 0 Å². The number of aliphatic hydroxyl groups excluding tert-OH is 1. The number of aromatic nitrogens is 4. The number of rotatable bonds is 6. The SMILES string of the molecule is O=C(NCc1cn(-c2ccc(-n3ccccc3=O)cc2N2CCC(O)CC2)nn1)c1ccc(Cl)s1. The lowest BCUT2D eigenvalue weighted by atomic mass is 10.1. The lowest BCUT2D eigenvalue weighted by Crippen LogP contribution is -2.36. The number of hydrogen-bond acceptors (Lipinski definition) is 7. The van der Waals surface area contributed by atoms with Gasteiger partial charge in [-0.3, -0.25) is 14.2 Å². The summed E-state index contributed by atoms with van der Waals surface area (Å²) in [6.07, 6.45) is 4.52. The number of benzene rings is 1. The van der Waals surface area contributed by atoms with Gasteiger partial charge in [0.05, 0.1) is 45.1 Å². The number of nitrogens with zero attached hydrogens (tertiary/aromatic N) is 5. The number of amides is 1. The molecule has 0 aliphatic carbocycles. The minimum atomic E-state index is -0.311. The minimum Gasteiger partial charge on any atom is -0.393 e. The highest BCUT2D eigenvalue weighted by Gasteiger charge is 2.21. The molecule has 3 aromatic heterocycles. The van der Waals surface area contributed by atoms with Gasteiger partial charge in [0.15, 0.2) is 0 Å². The Hall–Kier alpha value is -3.47. The Morgan fingerprint density at radius 2 is 1.97 bits per heavy atom. The van der Waals surface area contributed by atoms with Gasteiger partial charge in [0.25, 0.3) is 11.5 Å². The van der Waals surface area contributed by atoms with E-state index in [1.807, 2.05) is 24.3 Å². The summed E-state index contributed by atoms with van der Waals surface area (Å²) in [4.78, 5) is 27.4. The number of thiophene rings is 1. The van der Waals surface area contributed by atoms with E-state index < -0.39 is 0 Å². The molecule has 1 saturated heterocycles. The van der Waals surface area contributed by atoms with E-state index in [-0.39, 0.29) is 24.1 Å². The third kappa shape index (κ3) is 5.14. The van der Waals surface area contributed by atoms with E-state index >= 15 is 0 Å². The molecular weight excluding hydrogens is 488 g/mol. The standard InChI is InChI=1S/C24H23ClN6O3S/c25-22-7-6-21(35-22)24(34)26-14-16-15-31(28-27-16)19-5-4-17(30-10-2-1-3-23(30)33)13-20(19)29-11-8-18(32)9-12-29/h1-7,10,13,15,18,32H,8-9,11-12,14H2,(H,26,34). The van der Waals surface area contributed by atoms with E-state index in [1.54, 1.807) is 39.8 Å². The van der Waals surface area contributed by atoms with Gasteiger partial charge in [-0.15, -0.1) is 16.4 Å². The van der Waals surface area contributed by atoms with E-state index in [2.05, 4.69) is 20.5 Å². The van der Waals surface area contributed by atoms with Crippen molar-refractivity contribution >= 4 is 34.5 Å². The van der Waals surface area contributed by atoms with Gasteiger partial charge >= 0.3 is 0 Å². The van der Waals surface area contributed by atoms with Gasteiger partial charge in [-0.25, -0.2) is 4.68 Å². The first-order chi connectivity index (χ1) is 17.0. The van der Waals surface area contributed by atoms with Crippen LogP contribution in [0.15, 0.2) is 65.7 Å². The Kier molecular flexibility index (Phi) is 6.67. The molecule has 9 nitrogen and oxygen atoms in total. The van der Waals surface area contributed by atoms with Crippen molar-refractivity contribution in [3.63, 3.8) is 0 Å². The Balaban J connectivity index is 1.42. The lowest BCUT2D eigenvalue weighted by Gasteiger charge is -2.33. The van der Waals surface area contributed by atoms with Gasteiger partial charge in [0, 0.05) is 25.4 Å². The second-order valence-corrected chi connectivity index (χ2v) is 9.96. The molecule has 1 aliphatic heterocycles. The number of hydrogen-bond donors (Lipinski definition) is 2. The zero-order chi connectivity index (χ0) is 24.4. The molecule has 1 fully saturated rings. The summed E-state index contributed by atoms with van der Waals surface area (Å²) in [5, 5.41) is 21.3. The third-order valence-electron chi connectivity index (χ3n) is 5.88. The smallest absolute Gasteiger partial charge is 0.261 e. The molecule has 0 atom stereocenters. The summed E-state index contributed by atoms with van der Waals surface area (Å²) in [6.45, 7) is 1.58. The second kappa shape index (κ2) is 10.0. The van der Waals surface area contributed by atoms with Crippen LogP contribution in [0.4, 0.5) is 5.69 Å². The summed E-state index contributed by atoms with van der Waals surface area (Å²) in [7, 11) is 0. The van der Waals surface area contributed by atoms with E-state index in [0.29, 0.717) is 40.8 Å². The van der Waals surface area contributed by atoms with Gasteiger partial charge in [0.2, 0.25) is 0 Å². The highest BCUT2D eigenvalue weighted by Crippen LogP contribution is 2.29. The van der Waals surface area contributed by atoms with E-state index in [1.165, 1.54) is 17.4 Å². The molecule has 0 bridgehead atoms. The first-order valence-corrected chi connectivity index (χ1v) is 12.4. The van der Waals surface area contributed by atoms with Gasteiger partial charge < -0.3 is 15.3 Å². The van der Waals surface area contributed by atoms with Crippen LogP contribution < -0.4 is 15.8 Å². The Bertz CT molecular complexity index is 1410. The fourth-order valence-electron chi connectivity index (χ4n) is 4.05. The summed E-state index contributed by atoms with van der Waals surface area (Å²) in [6, 6.07) is 14.1. The topological polar surface area (TPSA) is 105 Å². The highest BCUT2D eigenvalue weighted by molar-refractivity contribution is 7.17.